The van der Waals surface area contributed by atoms with Gasteiger partial charge in [0.2, 0.25) is 59.1 Å². The number of carbonyl (C=O) groups is 12. The molecule has 1 heterocycles. The Morgan fingerprint density at radius 3 is 1.68 bits per heavy atom. The Morgan fingerprint density at radius 1 is 0.659 bits per heavy atom. The molecule has 3 rings (SSSR count). The molecule has 0 radical (unpaired) electrons. The monoisotopic (exact) mass is 1300 g/mol. The summed E-state index contributed by atoms with van der Waals surface area (Å²) in [4.78, 5) is 167. The number of rotatable bonds is 18. The molecule has 1 aliphatic rings. The molecule has 0 bridgehead atoms. The Hall–Kier alpha value is -9.22. The topological polar surface area (TPSA) is 526 Å². The number of nitrogens with one attached hydrogen (secondary N) is 10. The minimum atomic E-state index is -5.08. The Bertz CT molecular complexity index is 2830. The number of nitrogens with zero attached hydrogens (tertiary/aromatic N) is 1. The highest BCUT2D eigenvalue weighted by Crippen LogP contribution is 2.21. The number of primary amides is 1. The molecule has 21 N–H and O–H groups in total. The van der Waals surface area contributed by atoms with Crippen LogP contribution in [0.3, 0.4) is 0 Å². The van der Waals surface area contributed by atoms with Gasteiger partial charge in [-0.15, -0.1) is 0 Å². The summed E-state index contributed by atoms with van der Waals surface area (Å²) in [6.45, 7) is 8.15. The van der Waals surface area contributed by atoms with Crippen LogP contribution in [0.5, 0.6) is 0 Å². The van der Waals surface area contributed by atoms with E-state index in [9.17, 15) is 81.5 Å². The van der Waals surface area contributed by atoms with Gasteiger partial charge in [-0.25, -0.2) is 9.59 Å². The fourth-order valence-corrected chi connectivity index (χ4v) is 8.42. The molecule has 0 spiro atoms. The molecule has 0 saturated carbocycles. The number of alkyl carbamates (subject to hydrolysis) is 1. The van der Waals surface area contributed by atoms with E-state index < -0.39 is 175 Å². The van der Waals surface area contributed by atoms with Crippen LogP contribution in [0.4, 0.5) is 18.0 Å². The van der Waals surface area contributed by atoms with Gasteiger partial charge in [-0.2, -0.15) is 13.2 Å². The minimum Gasteiger partial charge on any atom is -0.475 e. The number of aliphatic imine (C=N–C) groups is 1. The smallest absolute Gasteiger partial charge is 0.475 e. The van der Waals surface area contributed by atoms with Crippen molar-refractivity contribution in [2.45, 2.75) is 160 Å². The van der Waals surface area contributed by atoms with Crippen LogP contribution in [0.1, 0.15) is 91.3 Å². The number of aliphatic hydroxyl groups is 4. The number of benzene rings is 2. The number of carbonyl (C=O) groups excluding carboxylic acids is 11. The molecule has 35 heteroatoms. The molecule has 1 aliphatic heterocycles. The Balaban J connectivity index is 0.00000379. The van der Waals surface area contributed by atoms with Crippen LogP contribution in [0.15, 0.2) is 65.7 Å². The first-order chi connectivity index (χ1) is 42.5. The average Bonchev–Trinajstić information content (AvgIpc) is 0.949. The van der Waals surface area contributed by atoms with Crippen molar-refractivity contribution >= 4 is 77.1 Å². The molecule has 1 fully saturated rings. The van der Waals surface area contributed by atoms with Gasteiger partial charge in [0.15, 0.2) is 12.1 Å². The normalized spacial score (nSPS) is 23.6. The lowest BCUT2D eigenvalue weighted by Gasteiger charge is -2.33. The largest absolute Gasteiger partial charge is 0.490 e. The summed E-state index contributed by atoms with van der Waals surface area (Å²) in [5.41, 5.74) is 17.0. The number of aliphatic hydroxyl groups excluding tert-OH is 4. The first-order valence-corrected chi connectivity index (χ1v) is 28.6. The summed E-state index contributed by atoms with van der Waals surface area (Å²) in [5, 5.41) is 74.7. The molecule has 2 aromatic carbocycles. The lowest BCUT2D eigenvalue weighted by atomic mass is 9.94. The number of nitrogens with two attached hydrogens (primary N) is 3. The van der Waals surface area contributed by atoms with Crippen LogP contribution in [-0.2, 0) is 64.1 Å². The van der Waals surface area contributed by atoms with Crippen LogP contribution >= 0.6 is 0 Å². The van der Waals surface area contributed by atoms with Gasteiger partial charge in [0.05, 0.1) is 31.4 Å². The lowest BCUT2D eigenvalue weighted by Crippen LogP contribution is -2.64. The molecule has 0 aromatic heterocycles. The summed E-state index contributed by atoms with van der Waals surface area (Å²) < 4.78 is 37.2. The predicted molar refractivity (Wildman–Crippen MR) is 315 cm³/mol. The van der Waals surface area contributed by atoms with E-state index in [0.29, 0.717) is 5.56 Å². The van der Waals surface area contributed by atoms with Crippen LogP contribution in [-0.4, -0.2) is 195 Å². The Kier molecular flexibility index (Phi) is 32.3. The minimum absolute atomic E-state index is 0.0297. The predicted octanol–water partition coefficient (Wildman–Crippen LogP) is -4.32. The quantitative estimate of drug-likeness (QED) is 0.0381. The summed E-state index contributed by atoms with van der Waals surface area (Å²) in [6.07, 6.45) is -12.3. The fraction of sp³-hybridized carbons (Fsp3) is 0.554. The highest BCUT2D eigenvalue weighted by atomic mass is 19.4. The molecule has 1 unspecified atom stereocenters. The van der Waals surface area contributed by atoms with Crippen molar-refractivity contribution in [3.05, 3.63) is 71.8 Å². The highest BCUT2D eigenvalue weighted by Gasteiger charge is 2.43. The number of hydrogen-bond donors (Lipinski definition) is 18. The second-order valence-corrected chi connectivity index (χ2v) is 21.8. The van der Waals surface area contributed by atoms with Gasteiger partial charge in [-0.1, -0.05) is 109 Å². The molecule has 11 amide bonds. The maximum atomic E-state index is 15.0. The van der Waals surface area contributed by atoms with Crippen molar-refractivity contribution in [3.8, 4) is 0 Å². The number of hydrogen-bond acceptors (Lipinski definition) is 18. The molecule has 2 aromatic rings. The maximum absolute atomic E-state index is 15.0. The number of ether oxygens (including phenoxy) is 1. The fourth-order valence-electron chi connectivity index (χ4n) is 8.42. The van der Waals surface area contributed by atoms with Crippen molar-refractivity contribution < 1.29 is 101 Å². The van der Waals surface area contributed by atoms with Gasteiger partial charge in [-0.05, 0) is 55.1 Å². The second-order valence-electron chi connectivity index (χ2n) is 21.8. The van der Waals surface area contributed by atoms with Crippen molar-refractivity contribution in [2.24, 2.45) is 39.9 Å². The van der Waals surface area contributed by atoms with Crippen LogP contribution < -0.4 is 70.4 Å². The summed E-state index contributed by atoms with van der Waals surface area (Å²) in [6, 6.07) is -0.768. The number of alkyl halides is 3. The van der Waals surface area contributed by atoms with E-state index in [-0.39, 0.29) is 56.3 Å². The second kappa shape index (κ2) is 37.7. The van der Waals surface area contributed by atoms with Crippen molar-refractivity contribution in [1.29, 1.82) is 0 Å². The number of amides is 11. The highest BCUT2D eigenvalue weighted by molar-refractivity contribution is 6.00. The molecule has 1 saturated heterocycles. The van der Waals surface area contributed by atoms with E-state index in [1.165, 1.54) is 38.1 Å². The Morgan fingerprint density at radius 2 is 1.16 bits per heavy atom. The van der Waals surface area contributed by atoms with Crippen LogP contribution in [0.25, 0.3) is 0 Å². The zero-order valence-electron chi connectivity index (χ0n) is 50.9. The molecule has 91 heavy (non-hydrogen) atoms. The van der Waals surface area contributed by atoms with Gasteiger partial charge in [0, 0.05) is 6.54 Å². The summed E-state index contributed by atoms with van der Waals surface area (Å²) >= 11 is 0. The zero-order valence-corrected chi connectivity index (χ0v) is 50.9. The number of carboxylic acid groups (broad SMARTS) is 1. The van der Waals surface area contributed by atoms with Crippen LogP contribution in [0, 0.1) is 17.8 Å². The maximum Gasteiger partial charge on any atom is 0.490 e. The third-order valence-electron chi connectivity index (χ3n) is 13.6. The van der Waals surface area contributed by atoms with Crippen molar-refractivity contribution in [3.63, 3.8) is 0 Å². The van der Waals surface area contributed by atoms with Gasteiger partial charge >= 0.3 is 18.2 Å². The molecule has 32 nitrogen and oxygen atoms in total. The van der Waals surface area contributed by atoms with Crippen LogP contribution in [0.2, 0.25) is 0 Å². The molecular formula is C56H83F3N14O18. The van der Waals surface area contributed by atoms with Gasteiger partial charge in [0.25, 0.3) is 0 Å². The van der Waals surface area contributed by atoms with Gasteiger partial charge in [-0.3, -0.25) is 52.9 Å². The van der Waals surface area contributed by atoms with Gasteiger partial charge in [0.1, 0.15) is 54.9 Å². The first-order valence-electron chi connectivity index (χ1n) is 28.6. The molecule has 506 valence electrons. The standard InChI is InChI=1S/C54H82N14O16.C2HF3O2/c1-8-28(6)36-49(79)65-37(29(7)70)48(78)59-23-35(71)63-41(43(73)44(55)74)52(82)62-34(24-69)47(77)66-38(31-18-13-10-14-19-31)39(68-54(83)84-25-30-16-11-9-12-17-30)50(80)67-40(42(72)27(4)5)51(81)61-33(22-26(2)3)46(76)60-32(45(75)64-36)20-15-21-58-53(56)57;3-2(4,5)1(6)7/h9-14,16-19,26-29,32-34,36-43,69-70,72-73H,8,15,20-25H2,1-7H3,(H2,55,74)(H,59,78)(H,60,76)(H,61,81)(H,62,82)(H,63,71)(H,64,75)(H,65,79)(H,66,77)(H,67,80)(H,68,83)(H4,56,57,58);(H,6,7)/t28-,29-,32+,33-,34-,36-,37-,38+,39-,40?,41-,42+,43-;/m0./s1. The molecule has 13 atom stereocenters. The van der Waals surface area contributed by atoms with E-state index in [1.54, 1.807) is 64.1 Å². The molecular weight excluding hydrogens is 1210 g/mol. The number of carboxylic acids is 1. The average molecular weight is 1300 g/mol. The third kappa shape index (κ3) is 26.4. The molecule has 0 aliphatic carbocycles. The van der Waals surface area contributed by atoms with Crippen molar-refractivity contribution in [1.82, 2.24) is 53.2 Å². The number of halogens is 3. The summed E-state index contributed by atoms with van der Waals surface area (Å²) in [7, 11) is 0. The van der Waals surface area contributed by atoms with Crippen molar-refractivity contribution in [2.75, 3.05) is 19.7 Å². The Labute approximate surface area is 520 Å². The zero-order chi connectivity index (χ0) is 69.0. The first kappa shape index (κ1) is 77.9. The van der Waals surface area contributed by atoms with E-state index >= 15 is 4.79 Å². The SMILES string of the molecule is CC[C@H](C)[C@@H]1NC(=O)[C@@H](CCCN=C(N)N)NC(=O)[C@H](CC(C)C)NC(=O)C([C@H](O)C(C)C)NC(=O)[C@@H](NC(=O)OCc2ccccc2)[C@@H](c2ccccc2)NC(=O)[C@H](CO)NC(=O)[C@H]([C@H](O)C(N)=O)NC(=O)CNC(=O)[C@H]([C@H](C)O)NC1=O.O=C(O)C(F)(F)F. The third-order valence-corrected chi connectivity index (χ3v) is 13.6. The van der Waals surface area contributed by atoms with E-state index in [1.807, 2.05) is 5.32 Å². The number of aliphatic carboxylic acids is 1. The lowest BCUT2D eigenvalue weighted by molar-refractivity contribution is -0.192. The summed E-state index contributed by atoms with van der Waals surface area (Å²) in [5.74, 6) is -17.0. The van der Waals surface area contributed by atoms with Gasteiger partial charge < -0.3 is 101 Å². The van der Waals surface area contributed by atoms with E-state index in [0.717, 1.165) is 6.92 Å². The van der Waals surface area contributed by atoms with E-state index in [2.05, 4.69) is 52.8 Å². The number of guanidine groups is 1. The van der Waals surface area contributed by atoms with E-state index in [4.69, 9.17) is 31.8 Å².